The van der Waals surface area contributed by atoms with Crippen molar-refractivity contribution in [1.82, 2.24) is 10.3 Å². The lowest BCUT2D eigenvalue weighted by atomic mass is 9.94. The molecule has 2 aliphatic rings. The first-order valence-corrected chi connectivity index (χ1v) is 10.0. The highest BCUT2D eigenvalue weighted by Crippen LogP contribution is 2.36. The Labute approximate surface area is 159 Å². The molecule has 2 N–H and O–H groups in total. The van der Waals surface area contributed by atoms with Crippen molar-refractivity contribution in [2.24, 2.45) is 0 Å². The van der Waals surface area contributed by atoms with Gasteiger partial charge >= 0.3 is 0 Å². The van der Waals surface area contributed by atoms with Crippen LogP contribution in [0.2, 0.25) is 0 Å². The molecule has 1 fully saturated rings. The molecular formula is C23H26N2O2. The summed E-state index contributed by atoms with van der Waals surface area (Å²) in [5, 5.41) is 4.96. The van der Waals surface area contributed by atoms with Crippen molar-refractivity contribution in [3.63, 3.8) is 0 Å². The maximum atomic E-state index is 6.23. The van der Waals surface area contributed by atoms with E-state index in [4.69, 9.17) is 9.47 Å². The Morgan fingerprint density at radius 3 is 2.74 bits per heavy atom. The molecule has 0 bridgehead atoms. The summed E-state index contributed by atoms with van der Waals surface area (Å²) in [5.74, 6) is 1.90. The van der Waals surface area contributed by atoms with E-state index in [2.05, 4.69) is 46.7 Å². The van der Waals surface area contributed by atoms with Crippen molar-refractivity contribution in [3.05, 3.63) is 59.3 Å². The predicted molar refractivity (Wildman–Crippen MR) is 108 cm³/mol. The smallest absolute Gasteiger partial charge is 0.120 e. The SMILES string of the molecule is COc1ccc2[nH]c3c(c2c1)CCN[C@@H]3c1cccc(OC2CCCC2)c1. The number of aromatic amines is 1. The summed E-state index contributed by atoms with van der Waals surface area (Å²) in [5.41, 5.74) is 5.09. The topological polar surface area (TPSA) is 46.3 Å². The number of hydrogen-bond acceptors (Lipinski definition) is 3. The fourth-order valence-electron chi connectivity index (χ4n) is 4.58. The van der Waals surface area contributed by atoms with Crippen molar-refractivity contribution in [2.75, 3.05) is 13.7 Å². The molecule has 0 radical (unpaired) electrons. The van der Waals surface area contributed by atoms with Gasteiger partial charge in [-0.2, -0.15) is 0 Å². The molecule has 140 valence electrons. The van der Waals surface area contributed by atoms with Gasteiger partial charge in [0.15, 0.2) is 0 Å². The van der Waals surface area contributed by atoms with E-state index in [-0.39, 0.29) is 6.04 Å². The minimum atomic E-state index is 0.166. The second kappa shape index (κ2) is 6.93. The number of benzene rings is 2. The minimum absolute atomic E-state index is 0.166. The van der Waals surface area contributed by atoms with Crippen LogP contribution in [-0.2, 0) is 6.42 Å². The largest absolute Gasteiger partial charge is 0.497 e. The van der Waals surface area contributed by atoms with Crippen molar-refractivity contribution < 1.29 is 9.47 Å². The molecule has 1 atom stereocenters. The third-order valence-corrected chi connectivity index (χ3v) is 5.95. The Morgan fingerprint density at radius 2 is 1.89 bits per heavy atom. The average molecular weight is 362 g/mol. The fourth-order valence-corrected chi connectivity index (χ4v) is 4.58. The van der Waals surface area contributed by atoms with E-state index in [1.165, 1.54) is 53.4 Å². The Hall–Kier alpha value is -2.46. The molecular weight excluding hydrogens is 336 g/mol. The molecule has 2 aromatic carbocycles. The van der Waals surface area contributed by atoms with Crippen LogP contribution >= 0.6 is 0 Å². The summed E-state index contributed by atoms with van der Waals surface area (Å²) in [6.45, 7) is 0.968. The van der Waals surface area contributed by atoms with Crippen LogP contribution in [0.15, 0.2) is 42.5 Å². The number of rotatable bonds is 4. The molecule has 2 heterocycles. The normalized spacial score (nSPS) is 20.0. The molecule has 4 heteroatoms. The number of aromatic nitrogens is 1. The first kappa shape index (κ1) is 16.7. The molecule has 0 saturated heterocycles. The van der Waals surface area contributed by atoms with Gasteiger partial charge in [-0.25, -0.2) is 0 Å². The van der Waals surface area contributed by atoms with Gasteiger partial charge in [0.1, 0.15) is 11.5 Å². The van der Waals surface area contributed by atoms with Crippen LogP contribution in [0.4, 0.5) is 0 Å². The fraction of sp³-hybridized carbons (Fsp3) is 0.391. The molecule has 4 nitrogen and oxygen atoms in total. The Balaban J connectivity index is 1.50. The van der Waals surface area contributed by atoms with E-state index in [1.807, 2.05) is 6.07 Å². The highest BCUT2D eigenvalue weighted by molar-refractivity contribution is 5.86. The Kier molecular flexibility index (Phi) is 4.29. The van der Waals surface area contributed by atoms with E-state index in [0.717, 1.165) is 24.5 Å². The first-order chi connectivity index (χ1) is 13.3. The third kappa shape index (κ3) is 3.08. The van der Waals surface area contributed by atoms with Crippen molar-refractivity contribution in [3.8, 4) is 11.5 Å². The summed E-state index contributed by atoms with van der Waals surface area (Å²) < 4.78 is 11.7. The number of nitrogens with one attached hydrogen (secondary N) is 2. The third-order valence-electron chi connectivity index (χ3n) is 5.95. The van der Waals surface area contributed by atoms with Crippen molar-refractivity contribution in [1.29, 1.82) is 0 Å². The van der Waals surface area contributed by atoms with E-state index >= 15 is 0 Å². The summed E-state index contributed by atoms with van der Waals surface area (Å²) in [6, 6.07) is 15.0. The standard InChI is InChI=1S/C23H26N2O2/c1-26-17-9-10-21-20(14-17)19-11-12-24-22(23(19)25-21)15-5-4-8-18(13-15)27-16-6-2-3-7-16/h4-5,8-10,13-14,16,22,24-25H,2-3,6-7,11-12H2,1H3/t22-/m1/s1. The second-order valence-electron chi connectivity index (χ2n) is 7.66. The first-order valence-electron chi connectivity index (χ1n) is 10.0. The number of ether oxygens (including phenoxy) is 2. The van der Waals surface area contributed by atoms with E-state index < -0.39 is 0 Å². The summed E-state index contributed by atoms with van der Waals surface area (Å²) in [6.07, 6.45) is 6.35. The van der Waals surface area contributed by atoms with E-state index in [9.17, 15) is 0 Å². The Morgan fingerprint density at radius 1 is 1.00 bits per heavy atom. The number of hydrogen-bond donors (Lipinski definition) is 2. The lowest BCUT2D eigenvalue weighted by Crippen LogP contribution is -2.30. The monoisotopic (exact) mass is 362 g/mol. The molecule has 27 heavy (non-hydrogen) atoms. The molecule has 0 amide bonds. The lowest BCUT2D eigenvalue weighted by molar-refractivity contribution is 0.209. The molecule has 1 aromatic heterocycles. The van der Waals surface area contributed by atoms with Crippen LogP contribution < -0.4 is 14.8 Å². The quantitative estimate of drug-likeness (QED) is 0.705. The van der Waals surface area contributed by atoms with Gasteiger partial charge in [0, 0.05) is 23.1 Å². The van der Waals surface area contributed by atoms with Gasteiger partial charge in [0.2, 0.25) is 0 Å². The second-order valence-corrected chi connectivity index (χ2v) is 7.66. The van der Waals surface area contributed by atoms with Crippen LogP contribution in [0.25, 0.3) is 10.9 Å². The Bertz CT molecular complexity index is 956. The molecule has 5 rings (SSSR count). The molecule has 0 unspecified atom stereocenters. The van der Waals surface area contributed by atoms with Crippen LogP contribution in [0, 0.1) is 0 Å². The molecule has 1 saturated carbocycles. The average Bonchev–Trinajstić information content (AvgIpc) is 3.35. The van der Waals surface area contributed by atoms with Crippen LogP contribution in [0.3, 0.4) is 0 Å². The number of fused-ring (bicyclic) bond motifs is 3. The van der Waals surface area contributed by atoms with E-state index in [1.54, 1.807) is 7.11 Å². The van der Waals surface area contributed by atoms with E-state index in [0.29, 0.717) is 6.10 Å². The van der Waals surface area contributed by atoms with Gasteiger partial charge in [-0.05, 0) is 73.6 Å². The molecule has 0 spiro atoms. The van der Waals surface area contributed by atoms with Crippen molar-refractivity contribution in [2.45, 2.75) is 44.2 Å². The van der Waals surface area contributed by atoms with Gasteiger partial charge in [-0.15, -0.1) is 0 Å². The summed E-state index contributed by atoms with van der Waals surface area (Å²) >= 11 is 0. The zero-order chi connectivity index (χ0) is 18.2. The van der Waals surface area contributed by atoms with Crippen LogP contribution in [-0.4, -0.2) is 24.7 Å². The predicted octanol–water partition coefficient (Wildman–Crippen LogP) is 4.73. The summed E-state index contributed by atoms with van der Waals surface area (Å²) in [4.78, 5) is 3.65. The van der Waals surface area contributed by atoms with Crippen LogP contribution in [0.5, 0.6) is 11.5 Å². The minimum Gasteiger partial charge on any atom is -0.497 e. The number of H-pyrrole nitrogens is 1. The van der Waals surface area contributed by atoms with Crippen LogP contribution in [0.1, 0.15) is 48.5 Å². The van der Waals surface area contributed by atoms with Gasteiger partial charge in [-0.3, -0.25) is 0 Å². The van der Waals surface area contributed by atoms with Gasteiger partial charge in [0.05, 0.1) is 19.3 Å². The molecule has 1 aliphatic heterocycles. The van der Waals surface area contributed by atoms with Gasteiger partial charge < -0.3 is 19.8 Å². The lowest BCUT2D eigenvalue weighted by Gasteiger charge is -2.25. The summed E-state index contributed by atoms with van der Waals surface area (Å²) in [7, 11) is 1.72. The van der Waals surface area contributed by atoms with Crippen molar-refractivity contribution >= 4 is 10.9 Å². The number of methoxy groups -OCH3 is 1. The highest BCUT2D eigenvalue weighted by Gasteiger charge is 2.26. The maximum absolute atomic E-state index is 6.23. The maximum Gasteiger partial charge on any atom is 0.120 e. The molecule has 1 aliphatic carbocycles. The zero-order valence-electron chi connectivity index (χ0n) is 15.8. The highest BCUT2D eigenvalue weighted by atomic mass is 16.5. The molecule has 3 aromatic rings. The van der Waals surface area contributed by atoms with Gasteiger partial charge in [-0.1, -0.05) is 12.1 Å². The van der Waals surface area contributed by atoms with Gasteiger partial charge in [0.25, 0.3) is 0 Å². The zero-order valence-corrected chi connectivity index (χ0v) is 15.8.